The third kappa shape index (κ3) is 5.30. The van der Waals surface area contributed by atoms with Crippen LogP contribution in [0.1, 0.15) is 25.1 Å². The molecule has 5 heteroatoms. The van der Waals surface area contributed by atoms with Gasteiger partial charge in [0.1, 0.15) is 12.4 Å². The number of halogens is 2. The fourth-order valence-electron chi connectivity index (χ4n) is 1.74. The molecule has 1 aromatic carbocycles. The predicted molar refractivity (Wildman–Crippen MR) is 89.7 cm³/mol. The van der Waals surface area contributed by atoms with Crippen LogP contribution in [0.25, 0.3) is 0 Å². The molecular weight excluding hydrogens is 352 g/mol. The van der Waals surface area contributed by atoms with E-state index in [1.54, 1.807) is 6.20 Å². The number of hydrogen-bond donors (Lipinski definition) is 1. The van der Waals surface area contributed by atoms with Gasteiger partial charge in [-0.2, -0.15) is 0 Å². The van der Waals surface area contributed by atoms with Crippen LogP contribution >= 0.6 is 27.5 Å². The standard InChI is InChI=1S/C16H18BrClN2O/c1-11(2)19-8-12-3-6-16(15(18)7-12)21-10-14-5-4-13(17)9-20-14/h3-7,9,11,19H,8,10H2,1-2H3. The van der Waals surface area contributed by atoms with Gasteiger partial charge in [-0.25, -0.2) is 0 Å². The van der Waals surface area contributed by atoms with Crippen molar-refractivity contribution in [2.45, 2.75) is 33.0 Å². The molecule has 0 aliphatic carbocycles. The predicted octanol–water partition coefficient (Wildman–Crippen LogP) is 4.57. The summed E-state index contributed by atoms with van der Waals surface area (Å²) in [6, 6.07) is 10.2. The lowest BCUT2D eigenvalue weighted by atomic mass is 10.2. The van der Waals surface area contributed by atoms with E-state index in [0.29, 0.717) is 23.4 Å². The summed E-state index contributed by atoms with van der Waals surface area (Å²) in [7, 11) is 0. The number of benzene rings is 1. The smallest absolute Gasteiger partial charge is 0.138 e. The Morgan fingerprint density at radius 2 is 2.10 bits per heavy atom. The molecule has 0 spiro atoms. The maximum Gasteiger partial charge on any atom is 0.138 e. The van der Waals surface area contributed by atoms with Crippen LogP contribution < -0.4 is 10.1 Å². The molecule has 3 nitrogen and oxygen atoms in total. The Bertz CT molecular complexity index is 587. The number of pyridine rings is 1. The van der Waals surface area contributed by atoms with E-state index in [1.807, 2.05) is 30.3 Å². The Balaban J connectivity index is 1.95. The molecular formula is C16H18BrClN2O. The third-order valence-electron chi connectivity index (χ3n) is 2.87. The first-order chi connectivity index (χ1) is 10.0. The molecule has 2 aromatic rings. The molecule has 0 saturated carbocycles. The van der Waals surface area contributed by atoms with E-state index >= 15 is 0 Å². The van der Waals surface area contributed by atoms with E-state index in [-0.39, 0.29) is 0 Å². The normalized spacial score (nSPS) is 10.9. The van der Waals surface area contributed by atoms with Crippen LogP contribution in [-0.2, 0) is 13.2 Å². The maximum atomic E-state index is 6.26. The van der Waals surface area contributed by atoms with Crippen LogP contribution in [0.2, 0.25) is 5.02 Å². The van der Waals surface area contributed by atoms with Gasteiger partial charge in [0.15, 0.2) is 0 Å². The molecule has 21 heavy (non-hydrogen) atoms. The second-order valence-corrected chi connectivity index (χ2v) is 6.38. The van der Waals surface area contributed by atoms with Crippen LogP contribution in [0.4, 0.5) is 0 Å². The number of rotatable bonds is 6. The molecule has 0 saturated heterocycles. The quantitative estimate of drug-likeness (QED) is 0.809. The second-order valence-electron chi connectivity index (χ2n) is 5.06. The topological polar surface area (TPSA) is 34.1 Å². The molecule has 0 unspecified atom stereocenters. The summed E-state index contributed by atoms with van der Waals surface area (Å²) in [4.78, 5) is 4.26. The third-order valence-corrected chi connectivity index (χ3v) is 3.64. The summed E-state index contributed by atoms with van der Waals surface area (Å²) in [5, 5.41) is 3.98. The first-order valence-electron chi connectivity index (χ1n) is 6.79. The molecule has 0 amide bonds. The van der Waals surface area contributed by atoms with E-state index in [1.165, 1.54) is 0 Å². The first kappa shape index (κ1) is 16.3. The Morgan fingerprint density at radius 1 is 1.29 bits per heavy atom. The lowest BCUT2D eigenvalue weighted by molar-refractivity contribution is 0.301. The van der Waals surface area contributed by atoms with E-state index in [4.69, 9.17) is 16.3 Å². The molecule has 0 fully saturated rings. The number of ether oxygens (including phenoxy) is 1. The second kappa shape index (κ2) is 7.78. The van der Waals surface area contributed by atoms with Crippen molar-refractivity contribution < 1.29 is 4.74 Å². The SMILES string of the molecule is CC(C)NCc1ccc(OCc2ccc(Br)cn2)c(Cl)c1. The lowest BCUT2D eigenvalue weighted by Crippen LogP contribution is -2.21. The molecule has 112 valence electrons. The highest BCUT2D eigenvalue weighted by Crippen LogP contribution is 2.26. The molecule has 2 rings (SSSR count). The Labute approximate surface area is 138 Å². The number of nitrogens with one attached hydrogen (secondary N) is 1. The van der Waals surface area contributed by atoms with Crippen molar-refractivity contribution >= 4 is 27.5 Å². The Hall–Kier alpha value is -1.10. The van der Waals surface area contributed by atoms with Crippen molar-refractivity contribution in [2.75, 3.05) is 0 Å². The average Bonchev–Trinajstić information content (AvgIpc) is 2.46. The van der Waals surface area contributed by atoms with E-state index in [0.717, 1.165) is 22.3 Å². The highest BCUT2D eigenvalue weighted by Gasteiger charge is 2.05. The van der Waals surface area contributed by atoms with Gasteiger partial charge in [0, 0.05) is 23.3 Å². The van der Waals surface area contributed by atoms with Crippen molar-refractivity contribution in [3.8, 4) is 5.75 Å². The molecule has 0 bridgehead atoms. The summed E-state index contributed by atoms with van der Waals surface area (Å²) < 4.78 is 6.66. The van der Waals surface area contributed by atoms with Crippen molar-refractivity contribution in [3.05, 3.63) is 57.3 Å². The minimum absolute atomic E-state index is 0.399. The molecule has 1 N–H and O–H groups in total. The molecule has 0 aliphatic rings. The number of aromatic nitrogens is 1. The summed E-state index contributed by atoms with van der Waals surface area (Å²) in [6.45, 7) is 5.43. The van der Waals surface area contributed by atoms with Crippen LogP contribution in [0.15, 0.2) is 41.0 Å². The van der Waals surface area contributed by atoms with E-state index in [2.05, 4.69) is 40.1 Å². The van der Waals surface area contributed by atoms with Crippen molar-refractivity contribution in [1.82, 2.24) is 10.3 Å². The lowest BCUT2D eigenvalue weighted by Gasteiger charge is -2.11. The van der Waals surface area contributed by atoms with Gasteiger partial charge < -0.3 is 10.1 Å². The minimum Gasteiger partial charge on any atom is -0.486 e. The van der Waals surface area contributed by atoms with Crippen LogP contribution in [0, 0.1) is 0 Å². The summed E-state index contributed by atoms with van der Waals surface area (Å²) in [5.74, 6) is 0.676. The van der Waals surface area contributed by atoms with Gasteiger partial charge in [-0.05, 0) is 45.8 Å². The van der Waals surface area contributed by atoms with Crippen LogP contribution in [-0.4, -0.2) is 11.0 Å². The van der Waals surface area contributed by atoms with Gasteiger partial charge in [-0.3, -0.25) is 4.98 Å². The van der Waals surface area contributed by atoms with Gasteiger partial charge in [0.25, 0.3) is 0 Å². The van der Waals surface area contributed by atoms with E-state index in [9.17, 15) is 0 Å². The summed E-state index contributed by atoms with van der Waals surface area (Å²) in [5.41, 5.74) is 2.00. The van der Waals surface area contributed by atoms with Crippen molar-refractivity contribution in [3.63, 3.8) is 0 Å². The monoisotopic (exact) mass is 368 g/mol. The molecule has 0 aliphatic heterocycles. The zero-order valence-electron chi connectivity index (χ0n) is 12.1. The van der Waals surface area contributed by atoms with Gasteiger partial charge in [-0.15, -0.1) is 0 Å². The van der Waals surface area contributed by atoms with Crippen LogP contribution in [0.5, 0.6) is 5.75 Å². The Morgan fingerprint density at radius 3 is 2.71 bits per heavy atom. The molecule has 0 radical (unpaired) electrons. The molecule has 0 atom stereocenters. The maximum absolute atomic E-state index is 6.26. The van der Waals surface area contributed by atoms with E-state index < -0.39 is 0 Å². The number of nitrogens with zero attached hydrogens (tertiary/aromatic N) is 1. The fourth-order valence-corrected chi connectivity index (χ4v) is 2.23. The van der Waals surface area contributed by atoms with Crippen molar-refractivity contribution in [1.29, 1.82) is 0 Å². The fraction of sp³-hybridized carbons (Fsp3) is 0.312. The van der Waals surface area contributed by atoms with Gasteiger partial charge in [0.05, 0.1) is 10.7 Å². The zero-order chi connectivity index (χ0) is 15.2. The summed E-state index contributed by atoms with van der Waals surface area (Å²) >= 11 is 9.61. The van der Waals surface area contributed by atoms with Gasteiger partial charge in [-0.1, -0.05) is 31.5 Å². The van der Waals surface area contributed by atoms with Gasteiger partial charge >= 0.3 is 0 Å². The number of hydrogen-bond acceptors (Lipinski definition) is 3. The molecule has 1 heterocycles. The summed E-state index contributed by atoms with van der Waals surface area (Å²) in [6.07, 6.45) is 1.75. The minimum atomic E-state index is 0.399. The average molecular weight is 370 g/mol. The van der Waals surface area contributed by atoms with Gasteiger partial charge in [0.2, 0.25) is 0 Å². The van der Waals surface area contributed by atoms with Crippen molar-refractivity contribution in [2.24, 2.45) is 0 Å². The highest BCUT2D eigenvalue weighted by atomic mass is 79.9. The first-order valence-corrected chi connectivity index (χ1v) is 7.96. The largest absolute Gasteiger partial charge is 0.486 e. The highest BCUT2D eigenvalue weighted by molar-refractivity contribution is 9.10. The van der Waals surface area contributed by atoms with Crippen LogP contribution in [0.3, 0.4) is 0 Å². The zero-order valence-corrected chi connectivity index (χ0v) is 14.4. The molecule has 1 aromatic heterocycles. The Kier molecular flexibility index (Phi) is 6.03.